The Labute approximate surface area is 179 Å². The Morgan fingerprint density at radius 1 is 1.23 bits per heavy atom. The molecule has 2 amide bonds. The van der Waals surface area contributed by atoms with Gasteiger partial charge in [-0.2, -0.15) is 5.10 Å². The number of carbonyl (C=O) groups excluding carboxylic acids is 2. The largest absolute Gasteiger partial charge is 0.361 e. The number of aryl methyl sites for hydroxylation is 1. The molecule has 9 heteroatoms. The van der Waals surface area contributed by atoms with E-state index in [1.165, 1.54) is 0 Å². The molecule has 9 nitrogen and oxygen atoms in total. The number of likely N-dealkylation sites (tertiary alicyclic amines) is 2. The van der Waals surface area contributed by atoms with Crippen molar-refractivity contribution in [2.45, 2.75) is 32.7 Å². The fourth-order valence-electron chi connectivity index (χ4n) is 4.58. The number of carbonyl (C=O) groups is 2. The topological polar surface area (TPSA) is 97.4 Å². The highest BCUT2D eigenvalue weighted by molar-refractivity contribution is 5.95. The first-order valence-electron chi connectivity index (χ1n) is 10.5. The molecular formula is C22H24N6O3. The van der Waals surface area contributed by atoms with E-state index >= 15 is 0 Å². The molecule has 2 aliphatic heterocycles. The SMILES string of the molecule is Cc1cc(CC(=O)N2C[C@@H]3CN(C(=O)c4cnn(-c5ccccn5)c4C)CC[C@@H]32)on1. The van der Waals surface area contributed by atoms with Crippen molar-refractivity contribution in [3.05, 3.63) is 59.4 Å². The lowest BCUT2D eigenvalue weighted by atomic mass is 9.82. The molecule has 0 bridgehead atoms. The van der Waals surface area contributed by atoms with Gasteiger partial charge in [0.1, 0.15) is 5.76 Å². The van der Waals surface area contributed by atoms with E-state index in [-0.39, 0.29) is 24.3 Å². The van der Waals surface area contributed by atoms with Crippen LogP contribution in [0, 0.1) is 19.8 Å². The first kappa shape index (κ1) is 19.5. The number of hydrogen-bond donors (Lipinski definition) is 0. The van der Waals surface area contributed by atoms with Gasteiger partial charge in [-0.3, -0.25) is 9.59 Å². The van der Waals surface area contributed by atoms with Gasteiger partial charge in [-0.15, -0.1) is 0 Å². The lowest BCUT2D eigenvalue weighted by molar-refractivity contribution is -0.146. The molecule has 0 N–H and O–H groups in total. The van der Waals surface area contributed by atoms with Gasteiger partial charge in [0.15, 0.2) is 5.82 Å². The zero-order valence-electron chi connectivity index (χ0n) is 17.6. The fourth-order valence-corrected chi connectivity index (χ4v) is 4.58. The van der Waals surface area contributed by atoms with Crippen LogP contribution in [0.3, 0.4) is 0 Å². The molecule has 2 aliphatic rings. The normalized spacial score (nSPS) is 20.3. The van der Waals surface area contributed by atoms with Crippen LogP contribution in [-0.4, -0.2) is 67.2 Å². The Morgan fingerprint density at radius 3 is 2.81 bits per heavy atom. The highest BCUT2D eigenvalue weighted by Crippen LogP contribution is 2.33. The van der Waals surface area contributed by atoms with Gasteiger partial charge in [0.2, 0.25) is 5.91 Å². The molecule has 5 rings (SSSR count). The van der Waals surface area contributed by atoms with Gasteiger partial charge in [0.05, 0.1) is 29.6 Å². The molecule has 5 heterocycles. The van der Waals surface area contributed by atoms with Crippen molar-refractivity contribution in [2.24, 2.45) is 5.92 Å². The minimum Gasteiger partial charge on any atom is -0.361 e. The Hall–Kier alpha value is -3.49. The summed E-state index contributed by atoms with van der Waals surface area (Å²) in [4.78, 5) is 33.9. The first-order valence-corrected chi connectivity index (χ1v) is 10.5. The smallest absolute Gasteiger partial charge is 0.257 e. The van der Waals surface area contributed by atoms with Gasteiger partial charge < -0.3 is 14.3 Å². The highest BCUT2D eigenvalue weighted by Gasteiger charge is 2.46. The second-order valence-corrected chi connectivity index (χ2v) is 8.27. The van der Waals surface area contributed by atoms with Gasteiger partial charge in [0.25, 0.3) is 5.91 Å². The van der Waals surface area contributed by atoms with Crippen molar-refractivity contribution >= 4 is 11.8 Å². The molecule has 31 heavy (non-hydrogen) atoms. The maximum absolute atomic E-state index is 13.2. The summed E-state index contributed by atoms with van der Waals surface area (Å²) >= 11 is 0. The molecule has 160 valence electrons. The van der Waals surface area contributed by atoms with E-state index in [0.717, 1.165) is 17.8 Å². The number of aromatic nitrogens is 4. The molecule has 0 aliphatic carbocycles. The van der Waals surface area contributed by atoms with Crippen LogP contribution in [0.2, 0.25) is 0 Å². The Balaban J connectivity index is 1.22. The predicted molar refractivity (Wildman–Crippen MR) is 111 cm³/mol. The molecule has 0 saturated carbocycles. The van der Waals surface area contributed by atoms with Gasteiger partial charge >= 0.3 is 0 Å². The third kappa shape index (κ3) is 3.49. The van der Waals surface area contributed by atoms with Crippen LogP contribution < -0.4 is 0 Å². The van der Waals surface area contributed by atoms with Crippen molar-refractivity contribution < 1.29 is 14.1 Å². The molecule has 0 spiro atoms. The second-order valence-electron chi connectivity index (χ2n) is 8.27. The van der Waals surface area contributed by atoms with Crippen LogP contribution in [0.15, 0.2) is 41.2 Å². The number of pyridine rings is 1. The van der Waals surface area contributed by atoms with E-state index in [9.17, 15) is 9.59 Å². The zero-order valence-corrected chi connectivity index (χ0v) is 17.6. The third-order valence-electron chi connectivity index (χ3n) is 6.24. The first-order chi connectivity index (χ1) is 15.0. The van der Waals surface area contributed by atoms with Crippen LogP contribution in [0.5, 0.6) is 0 Å². The van der Waals surface area contributed by atoms with Gasteiger partial charge in [0, 0.05) is 43.9 Å². The molecule has 3 aromatic heterocycles. The molecule has 2 saturated heterocycles. The Morgan fingerprint density at radius 2 is 2.10 bits per heavy atom. The van der Waals surface area contributed by atoms with Crippen LogP contribution in [-0.2, 0) is 11.2 Å². The van der Waals surface area contributed by atoms with Gasteiger partial charge in [-0.1, -0.05) is 11.2 Å². The van der Waals surface area contributed by atoms with Gasteiger partial charge in [-0.05, 0) is 32.4 Å². The molecule has 2 atom stereocenters. The van der Waals surface area contributed by atoms with Crippen LogP contribution in [0.1, 0.15) is 33.9 Å². The number of hydrogen-bond acceptors (Lipinski definition) is 6. The standard InChI is InChI=1S/C22H24N6O3/c1-14-9-17(31-25-14)10-21(29)27-13-16-12-26(8-6-19(16)27)22(30)18-11-24-28(15(18)2)20-5-3-4-7-23-20/h3-5,7,9,11,16,19H,6,8,10,12-13H2,1-2H3/t16-,19-/m0/s1. The minimum absolute atomic E-state index is 0.0138. The van der Waals surface area contributed by atoms with E-state index in [0.29, 0.717) is 42.7 Å². The van der Waals surface area contributed by atoms with Crippen LogP contribution in [0.25, 0.3) is 5.82 Å². The maximum atomic E-state index is 13.2. The van der Waals surface area contributed by atoms with E-state index in [4.69, 9.17) is 4.52 Å². The number of piperidine rings is 1. The molecule has 2 fully saturated rings. The molecular weight excluding hydrogens is 396 g/mol. The van der Waals surface area contributed by atoms with E-state index in [1.807, 2.05) is 41.8 Å². The summed E-state index contributed by atoms with van der Waals surface area (Å²) in [5.41, 5.74) is 2.15. The summed E-state index contributed by atoms with van der Waals surface area (Å²) in [6.45, 7) is 5.68. The lowest BCUT2D eigenvalue weighted by Gasteiger charge is -2.53. The van der Waals surface area contributed by atoms with E-state index in [2.05, 4.69) is 15.2 Å². The summed E-state index contributed by atoms with van der Waals surface area (Å²) in [5, 5.41) is 8.21. The van der Waals surface area contributed by atoms with Crippen molar-refractivity contribution in [3.63, 3.8) is 0 Å². The van der Waals surface area contributed by atoms with Crippen LogP contribution >= 0.6 is 0 Å². The molecule has 0 aromatic carbocycles. The third-order valence-corrected chi connectivity index (χ3v) is 6.24. The van der Waals surface area contributed by atoms with Crippen molar-refractivity contribution in [2.75, 3.05) is 19.6 Å². The van der Waals surface area contributed by atoms with Crippen molar-refractivity contribution in [1.82, 2.24) is 29.7 Å². The van der Waals surface area contributed by atoms with Crippen LogP contribution in [0.4, 0.5) is 0 Å². The van der Waals surface area contributed by atoms with E-state index in [1.54, 1.807) is 23.1 Å². The number of rotatable bonds is 4. The quantitative estimate of drug-likeness (QED) is 0.638. The summed E-state index contributed by atoms with van der Waals surface area (Å²) in [7, 11) is 0. The predicted octanol–water partition coefficient (Wildman–Crippen LogP) is 1.79. The number of fused-ring (bicyclic) bond motifs is 1. The molecule has 0 unspecified atom stereocenters. The minimum atomic E-state index is -0.0138. The number of nitrogens with zero attached hydrogens (tertiary/aromatic N) is 6. The molecule has 0 radical (unpaired) electrons. The summed E-state index contributed by atoms with van der Waals surface area (Å²) in [6.07, 6.45) is 4.34. The lowest BCUT2D eigenvalue weighted by Crippen LogP contribution is -2.65. The zero-order chi connectivity index (χ0) is 21.5. The summed E-state index contributed by atoms with van der Waals surface area (Å²) < 4.78 is 6.86. The average Bonchev–Trinajstić information content (AvgIpc) is 3.34. The molecule has 3 aromatic rings. The maximum Gasteiger partial charge on any atom is 0.257 e. The second kappa shape index (κ2) is 7.64. The van der Waals surface area contributed by atoms with Crippen molar-refractivity contribution in [1.29, 1.82) is 0 Å². The van der Waals surface area contributed by atoms with Gasteiger partial charge in [-0.25, -0.2) is 9.67 Å². The fraction of sp³-hybridized carbons (Fsp3) is 0.409. The highest BCUT2D eigenvalue weighted by atomic mass is 16.5. The summed E-state index contributed by atoms with van der Waals surface area (Å²) in [6, 6.07) is 7.59. The summed E-state index contributed by atoms with van der Waals surface area (Å²) in [5.74, 6) is 1.64. The number of amides is 2. The van der Waals surface area contributed by atoms with E-state index < -0.39 is 0 Å². The Kier molecular flexibility index (Phi) is 4.80. The Bertz CT molecular complexity index is 1120. The average molecular weight is 420 g/mol. The monoisotopic (exact) mass is 420 g/mol. The van der Waals surface area contributed by atoms with Crippen molar-refractivity contribution in [3.8, 4) is 5.82 Å².